The van der Waals surface area contributed by atoms with E-state index in [0.717, 1.165) is 25.1 Å². The van der Waals surface area contributed by atoms with Gasteiger partial charge < -0.3 is 5.73 Å². The van der Waals surface area contributed by atoms with Gasteiger partial charge in [0, 0.05) is 18.3 Å². The molecule has 0 spiro atoms. The Balaban J connectivity index is 2.05. The van der Waals surface area contributed by atoms with E-state index in [2.05, 4.69) is 48.3 Å². The molecule has 2 heteroatoms. The predicted octanol–water partition coefficient (Wildman–Crippen LogP) is 3.02. The highest BCUT2D eigenvalue weighted by Crippen LogP contribution is 2.45. The van der Waals surface area contributed by atoms with Crippen molar-refractivity contribution in [2.45, 2.75) is 18.9 Å². The van der Waals surface area contributed by atoms with E-state index >= 15 is 0 Å². The lowest BCUT2D eigenvalue weighted by Crippen LogP contribution is -2.35. The third-order valence-electron chi connectivity index (χ3n) is 4.61. The number of hydrogen-bond acceptors (Lipinski definition) is 2. The number of anilines is 1. The van der Waals surface area contributed by atoms with Gasteiger partial charge in [-0.25, -0.2) is 0 Å². The molecule has 96 valence electrons. The van der Waals surface area contributed by atoms with Crippen molar-refractivity contribution in [1.82, 2.24) is 4.90 Å². The van der Waals surface area contributed by atoms with Crippen LogP contribution >= 0.6 is 0 Å². The largest absolute Gasteiger partial charge is 0.399 e. The molecule has 2 aromatic carbocycles. The Morgan fingerprint density at radius 3 is 2.84 bits per heavy atom. The molecule has 0 amide bonds. The average molecular weight is 250 g/mol. The van der Waals surface area contributed by atoms with E-state index in [0.29, 0.717) is 6.04 Å². The average Bonchev–Trinajstić information content (AvgIpc) is 2.42. The van der Waals surface area contributed by atoms with Gasteiger partial charge in [-0.3, -0.25) is 4.90 Å². The molecule has 2 aliphatic rings. The second-order valence-electron chi connectivity index (χ2n) is 5.75. The van der Waals surface area contributed by atoms with Crippen LogP contribution in [0, 0.1) is 0 Å². The normalized spacial score (nSPS) is 20.8. The second kappa shape index (κ2) is 3.84. The van der Waals surface area contributed by atoms with Crippen LogP contribution in [0.25, 0.3) is 11.1 Å². The number of likely N-dealkylation sites (N-methyl/N-ethyl adjacent to an activating group) is 1. The van der Waals surface area contributed by atoms with Crippen molar-refractivity contribution in [2.75, 3.05) is 19.3 Å². The van der Waals surface area contributed by atoms with E-state index < -0.39 is 0 Å². The number of fused-ring (bicyclic) bond motifs is 2. The van der Waals surface area contributed by atoms with Crippen LogP contribution in [0.2, 0.25) is 0 Å². The number of rotatable bonds is 0. The summed E-state index contributed by atoms with van der Waals surface area (Å²) in [7, 11) is 2.24. The zero-order chi connectivity index (χ0) is 13.0. The highest BCUT2D eigenvalue weighted by atomic mass is 15.1. The summed E-state index contributed by atoms with van der Waals surface area (Å²) in [6.07, 6.45) is 2.24. The Labute approximate surface area is 113 Å². The Morgan fingerprint density at radius 1 is 1.11 bits per heavy atom. The first-order valence-corrected chi connectivity index (χ1v) is 6.95. The van der Waals surface area contributed by atoms with E-state index in [9.17, 15) is 0 Å². The number of benzene rings is 2. The molecule has 1 unspecified atom stereocenters. The molecular weight excluding hydrogens is 232 g/mol. The van der Waals surface area contributed by atoms with Crippen LogP contribution in [-0.2, 0) is 12.8 Å². The van der Waals surface area contributed by atoms with Crippen molar-refractivity contribution < 1.29 is 0 Å². The minimum absolute atomic E-state index is 0.522. The van der Waals surface area contributed by atoms with Crippen LogP contribution in [0.5, 0.6) is 0 Å². The highest BCUT2D eigenvalue weighted by Gasteiger charge is 2.32. The smallest absolute Gasteiger partial charge is 0.0394 e. The van der Waals surface area contributed by atoms with Gasteiger partial charge in [0.1, 0.15) is 0 Å². The van der Waals surface area contributed by atoms with Gasteiger partial charge in [-0.2, -0.15) is 0 Å². The molecule has 1 aliphatic carbocycles. The van der Waals surface area contributed by atoms with Gasteiger partial charge in [0.15, 0.2) is 0 Å². The van der Waals surface area contributed by atoms with Crippen molar-refractivity contribution in [2.24, 2.45) is 0 Å². The van der Waals surface area contributed by atoms with Gasteiger partial charge in [-0.1, -0.05) is 24.3 Å². The quantitative estimate of drug-likeness (QED) is 0.728. The summed E-state index contributed by atoms with van der Waals surface area (Å²) in [6, 6.07) is 13.6. The van der Waals surface area contributed by atoms with E-state index in [1.165, 1.54) is 27.8 Å². The van der Waals surface area contributed by atoms with Crippen LogP contribution in [0.3, 0.4) is 0 Å². The SMILES string of the molecule is CN1CCc2cc(N)cc3c2C1Cc1ccccc1-3. The molecule has 1 heterocycles. The molecule has 0 fully saturated rings. The predicted molar refractivity (Wildman–Crippen MR) is 79.1 cm³/mol. The van der Waals surface area contributed by atoms with E-state index in [1.807, 2.05) is 0 Å². The summed E-state index contributed by atoms with van der Waals surface area (Å²) < 4.78 is 0. The Hall–Kier alpha value is -1.80. The molecular formula is C17H18N2. The van der Waals surface area contributed by atoms with Crippen molar-refractivity contribution in [3.05, 3.63) is 53.1 Å². The first kappa shape index (κ1) is 11.1. The van der Waals surface area contributed by atoms with Crippen molar-refractivity contribution >= 4 is 5.69 Å². The molecule has 0 saturated heterocycles. The van der Waals surface area contributed by atoms with Crippen molar-refractivity contribution in [3.8, 4) is 11.1 Å². The van der Waals surface area contributed by atoms with Gasteiger partial charge in [0.2, 0.25) is 0 Å². The fourth-order valence-electron chi connectivity index (χ4n) is 3.66. The van der Waals surface area contributed by atoms with Crippen LogP contribution in [0.15, 0.2) is 36.4 Å². The molecule has 0 aromatic heterocycles. The molecule has 0 saturated carbocycles. The Morgan fingerprint density at radius 2 is 1.95 bits per heavy atom. The molecule has 0 radical (unpaired) electrons. The standard InChI is InChI=1S/C17H18N2/c1-19-7-6-12-8-13(18)10-15-14-5-3-2-4-11(14)9-16(19)17(12)15/h2-5,8,10,16H,6-7,9,18H2,1H3. The molecule has 4 rings (SSSR count). The molecule has 1 aliphatic heterocycles. The van der Waals surface area contributed by atoms with Gasteiger partial charge in [-0.15, -0.1) is 0 Å². The maximum atomic E-state index is 6.11. The first-order valence-electron chi connectivity index (χ1n) is 6.95. The molecule has 2 aromatic rings. The zero-order valence-electron chi connectivity index (χ0n) is 11.2. The molecule has 0 bridgehead atoms. The van der Waals surface area contributed by atoms with E-state index in [4.69, 9.17) is 5.73 Å². The lowest BCUT2D eigenvalue weighted by molar-refractivity contribution is 0.228. The zero-order valence-corrected chi connectivity index (χ0v) is 11.2. The minimum atomic E-state index is 0.522. The number of nitrogens with two attached hydrogens (primary N) is 1. The third kappa shape index (κ3) is 1.53. The van der Waals surface area contributed by atoms with Crippen molar-refractivity contribution in [1.29, 1.82) is 0 Å². The summed E-state index contributed by atoms with van der Waals surface area (Å²) in [4.78, 5) is 2.48. The Bertz CT molecular complexity index is 660. The summed E-state index contributed by atoms with van der Waals surface area (Å²) in [6.45, 7) is 1.13. The lowest BCUT2D eigenvalue weighted by atomic mass is 9.77. The van der Waals surface area contributed by atoms with Gasteiger partial charge >= 0.3 is 0 Å². The van der Waals surface area contributed by atoms with Gasteiger partial charge in [0.25, 0.3) is 0 Å². The summed E-state index contributed by atoms with van der Waals surface area (Å²) in [5.74, 6) is 0. The maximum Gasteiger partial charge on any atom is 0.0394 e. The minimum Gasteiger partial charge on any atom is -0.399 e. The first-order chi connectivity index (χ1) is 9.24. The summed E-state index contributed by atoms with van der Waals surface area (Å²) in [5.41, 5.74) is 14.1. The fraction of sp³-hybridized carbons (Fsp3) is 0.294. The molecule has 19 heavy (non-hydrogen) atoms. The van der Waals surface area contributed by atoms with Crippen LogP contribution in [0.4, 0.5) is 5.69 Å². The summed E-state index contributed by atoms with van der Waals surface area (Å²) >= 11 is 0. The topological polar surface area (TPSA) is 29.3 Å². The highest BCUT2D eigenvalue weighted by molar-refractivity contribution is 5.78. The van der Waals surface area contributed by atoms with Gasteiger partial charge in [-0.05, 0) is 59.8 Å². The number of nitrogens with zero attached hydrogens (tertiary/aromatic N) is 1. The third-order valence-corrected chi connectivity index (χ3v) is 4.61. The lowest BCUT2D eigenvalue weighted by Gasteiger charge is -2.40. The maximum absolute atomic E-state index is 6.11. The monoisotopic (exact) mass is 250 g/mol. The van der Waals surface area contributed by atoms with E-state index in [-0.39, 0.29) is 0 Å². The number of nitrogen functional groups attached to an aromatic ring is 1. The second-order valence-corrected chi connectivity index (χ2v) is 5.75. The summed E-state index contributed by atoms with van der Waals surface area (Å²) in [5, 5.41) is 0. The number of hydrogen-bond donors (Lipinski definition) is 1. The van der Waals surface area contributed by atoms with E-state index in [1.54, 1.807) is 0 Å². The molecule has 1 atom stereocenters. The van der Waals surface area contributed by atoms with Gasteiger partial charge in [0.05, 0.1) is 0 Å². The van der Waals surface area contributed by atoms with Crippen LogP contribution in [0.1, 0.15) is 22.7 Å². The van der Waals surface area contributed by atoms with Crippen LogP contribution < -0.4 is 5.73 Å². The fourth-order valence-corrected chi connectivity index (χ4v) is 3.66. The van der Waals surface area contributed by atoms with Crippen LogP contribution in [-0.4, -0.2) is 18.5 Å². The molecule has 2 N–H and O–H groups in total. The molecule has 2 nitrogen and oxygen atoms in total. The van der Waals surface area contributed by atoms with Crippen molar-refractivity contribution in [3.63, 3.8) is 0 Å². The Kier molecular flexibility index (Phi) is 2.24.